The fourth-order valence-electron chi connectivity index (χ4n) is 1.38. The number of anilines is 1. The number of halogens is 1. The number of hydrogen-bond donors (Lipinski definition) is 4. The van der Waals surface area contributed by atoms with Gasteiger partial charge in [-0.05, 0) is 17.7 Å². The lowest BCUT2D eigenvalue weighted by atomic mass is 10.2. The van der Waals surface area contributed by atoms with Gasteiger partial charge in [-0.15, -0.1) is 0 Å². The van der Waals surface area contributed by atoms with E-state index in [9.17, 15) is 14.0 Å². The number of aromatic nitrogens is 2. The molecule has 0 aliphatic carbocycles. The Bertz CT molecular complexity index is 728. The smallest absolute Gasteiger partial charge is 0.358 e. The number of carboxylic acid groups (broad SMARTS) is 1. The lowest BCUT2D eigenvalue weighted by Crippen LogP contribution is -2.24. The first-order chi connectivity index (χ1) is 10.3. The van der Waals surface area contributed by atoms with E-state index in [1.54, 1.807) is 12.1 Å². The van der Waals surface area contributed by atoms with Crippen LogP contribution in [-0.4, -0.2) is 25.7 Å². The second-order valence-electron chi connectivity index (χ2n) is 4.17. The van der Waals surface area contributed by atoms with Gasteiger partial charge in [-0.1, -0.05) is 12.1 Å². The third-order valence-corrected chi connectivity index (χ3v) is 2.65. The standard InChI is InChI=1S/C7H8FN.C6H7N3O4/c8-7-3-1-6(5-9)2-4-7;1-9-4(11)3(10)2(5(12)13)8-6(9)7/h1-4H,5,9H2;10H,1H3,(H2,7,8)(H,12,13). The van der Waals surface area contributed by atoms with Gasteiger partial charge in [0.1, 0.15) is 5.82 Å². The second-order valence-corrected chi connectivity index (χ2v) is 4.17. The molecule has 0 aliphatic heterocycles. The molecule has 0 unspecified atom stereocenters. The van der Waals surface area contributed by atoms with E-state index in [1.807, 2.05) is 0 Å². The van der Waals surface area contributed by atoms with Crippen LogP contribution in [0.3, 0.4) is 0 Å². The summed E-state index contributed by atoms with van der Waals surface area (Å²) in [4.78, 5) is 24.8. The molecule has 2 aromatic rings. The van der Waals surface area contributed by atoms with E-state index in [0.717, 1.165) is 10.1 Å². The third-order valence-electron chi connectivity index (χ3n) is 2.65. The Morgan fingerprint density at radius 3 is 2.36 bits per heavy atom. The highest BCUT2D eigenvalue weighted by atomic mass is 19.1. The molecule has 0 radical (unpaired) electrons. The van der Waals surface area contributed by atoms with Crippen molar-refractivity contribution in [3.63, 3.8) is 0 Å². The summed E-state index contributed by atoms with van der Waals surface area (Å²) in [7, 11) is 1.27. The maximum absolute atomic E-state index is 12.2. The van der Waals surface area contributed by atoms with Crippen molar-refractivity contribution >= 4 is 11.9 Å². The highest BCUT2D eigenvalue weighted by molar-refractivity contribution is 5.88. The lowest BCUT2D eigenvalue weighted by Gasteiger charge is -2.04. The van der Waals surface area contributed by atoms with Crippen molar-refractivity contribution in [3.8, 4) is 5.75 Å². The van der Waals surface area contributed by atoms with Crippen molar-refractivity contribution in [1.29, 1.82) is 0 Å². The van der Waals surface area contributed by atoms with Crippen LogP contribution in [0.2, 0.25) is 0 Å². The predicted molar refractivity (Wildman–Crippen MR) is 76.8 cm³/mol. The summed E-state index contributed by atoms with van der Waals surface area (Å²) in [6, 6.07) is 6.16. The van der Waals surface area contributed by atoms with E-state index in [0.29, 0.717) is 6.54 Å². The molecular formula is C13H15FN4O4. The molecule has 118 valence electrons. The van der Waals surface area contributed by atoms with Crippen LogP contribution in [0.4, 0.5) is 10.3 Å². The van der Waals surface area contributed by atoms with E-state index >= 15 is 0 Å². The second kappa shape index (κ2) is 7.18. The highest BCUT2D eigenvalue weighted by Crippen LogP contribution is 2.09. The van der Waals surface area contributed by atoms with Crippen molar-refractivity contribution in [2.75, 3.05) is 5.73 Å². The molecule has 1 heterocycles. The van der Waals surface area contributed by atoms with Gasteiger partial charge in [-0.25, -0.2) is 14.2 Å². The van der Waals surface area contributed by atoms with Gasteiger partial charge in [0.25, 0.3) is 5.56 Å². The normalized spacial score (nSPS) is 9.77. The molecule has 0 spiro atoms. The number of nitrogens with zero attached hydrogens (tertiary/aromatic N) is 2. The Balaban J connectivity index is 0.000000235. The third kappa shape index (κ3) is 4.03. The number of nitrogen functional groups attached to an aromatic ring is 1. The van der Waals surface area contributed by atoms with E-state index < -0.39 is 23.0 Å². The summed E-state index contributed by atoms with van der Waals surface area (Å²) < 4.78 is 13.0. The number of aromatic hydroxyl groups is 1. The largest absolute Gasteiger partial charge is 0.501 e. The van der Waals surface area contributed by atoms with E-state index in [-0.39, 0.29) is 11.8 Å². The predicted octanol–water partition coefficient (Wildman–Crippen LogP) is 0.0507. The topological polar surface area (TPSA) is 144 Å². The van der Waals surface area contributed by atoms with Gasteiger partial charge < -0.3 is 21.7 Å². The minimum absolute atomic E-state index is 0.216. The number of nitrogens with two attached hydrogens (primary N) is 2. The Hall–Kier alpha value is -2.94. The fourth-order valence-corrected chi connectivity index (χ4v) is 1.38. The Morgan fingerprint density at radius 2 is 1.91 bits per heavy atom. The molecule has 0 saturated heterocycles. The molecule has 0 saturated carbocycles. The Labute approximate surface area is 124 Å². The van der Waals surface area contributed by atoms with Gasteiger partial charge in [0.15, 0.2) is 5.69 Å². The highest BCUT2D eigenvalue weighted by Gasteiger charge is 2.17. The number of aromatic carboxylic acids is 1. The van der Waals surface area contributed by atoms with Gasteiger partial charge in [0, 0.05) is 13.6 Å². The summed E-state index contributed by atoms with van der Waals surface area (Å²) in [6.45, 7) is 0.472. The van der Waals surface area contributed by atoms with E-state index in [2.05, 4.69) is 4.98 Å². The number of rotatable bonds is 2. The number of carbonyl (C=O) groups is 1. The molecule has 0 atom stereocenters. The molecule has 9 heteroatoms. The number of hydrogen-bond acceptors (Lipinski definition) is 6. The summed E-state index contributed by atoms with van der Waals surface area (Å²) in [5.41, 5.74) is 9.82. The Kier molecular flexibility index (Phi) is 5.58. The van der Waals surface area contributed by atoms with Crippen molar-refractivity contribution in [2.45, 2.75) is 6.54 Å². The Morgan fingerprint density at radius 1 is 1.36 bits per heavy atom. The monoisotopic (exact) mass is 310 g/mol. The SMILES string of the molecule is Cn1c(N)nc(C(=O)O)c(O)c1=O.NCc1ccc(F)cc1. The molecule has 0 bridgehead atoms. The summed E-state index contributed by atoms with van der Waals surface area (Å²) in [5, 5.41) is 17.5. The van der Waals surface area contributed by atoms with Gasteiger partial charge >= 0.3 is 5.97 Å². The summed E-state index contributed by atoms with van der Waals surface area (Å²) >= 11 is 0. The van der Waals surface area contributed by atoms with Gasteiger partial charge in [0.05, 0.1) is 0 Å². The van der Waals surface area contributed by atoms with E-state index in [1.165, 1.54) is 19.2 Å². The van der Waals surface area contributed by atoms with Gasteiger partial charge in [-0.2, -0.15) is 0 Å². The van der Waals surface area contributed by atoms with Crippen LogP contribution >= 0.6 is 0 Å². The molecule has 6 N–H and O–H groups in total. The number of benzene rings is 1. The molecular weight excluding hydrogens is 295 g/mol. The zero-order valence-corrected chi connectivity index (χ0v) is 11.7. The molecule has 1 aromatic heterocycles. The van der Waals surface area contributed by atoms with E-state index in [4.69, 9.17) is 21.7 Å². The molecule has 22 heavy (non-hydrogen) atoms. The summed E-state index contributed by atoms with van der Waals surface area (Å²) in [6.07, 6.45) is 0. The van der Waals surface area contributed by atoms with Gasteiger partial charge in [0.2, 0.25) is 11.7 Å². The average molecular weight is 310 g/mol. The van der Waals surface area contributed by atoms with Crippen LogP contribution in [0, 0.1) is 5.82 Å². The molecule has 0 amide bonds. The first kappa shape index (κ1) is 17.1. The molecule has 2 rings (SSSR count). The quantitative estimate of drug-likeness (QED) is 0.613. The first-order valence-corrected chi connectivity index (χ1v) is 6.01. The van der Waals surface area contributed by atoms with Crippen molar-refractivity contribution in [2.24, 2.45) is 12.8 Å². The molecule has 8 nitrogen and oxygen atoms in total. The average Bonchev–Trinajstić information content (AvgIpc) is 2.50. The van der Waals surface area contributed by atoms with Crippen molar-refractivity contribution < 1.29 is 19.4 Å². The molecule has 0 aliphatic rings. The number of carboxylic acids is 1. The van der Waals surface area contributed by atoms with Crippen LogP contribution in [0.15, 0.2) is 29.1 Å². The maximum atomic E-state index is 12.2. The zero-order valence-electron chi connectivity index (χ0n) is 11.7. The van der Waals surface area contributed by atoms with Crippen LogP contribution in [0.1, 0.15) is 16.1 Å². The zero-order chi connectivity index (χ0) is 16.9. The van der Waals surface area contributed by atoms with Crippen LogP contribution < -0.4 is 17.0 Å². The fraction of sp³-hybridized carbons (Fsp3) is 0.154. The molecule has 0 fully saturated rings. The van der Waals surface area contributed by atoms with Crippen LogP contribution in [0.25, 0.3) is 0 Å². The van der Waals surface area contributed by atoms with Crippen LogP contribution in [0.5, 0.6) is 5.75 Å². The minimum atomic E-state index is -1.50. The maximum Gasteiger partial charge on any atom is 0.358 e. The van der Waals surface area contributed by atoms with Gasteiger partial charge in [-0.3, -0.25) is 9.36 Å². The van der Waals surface area contributed by atoms with Crippen LogP contribution in [-0.2, 0) is 13.6 Å². The minimum Gasteiger partial charge on any atom is -0.501 e. The molecule has 1 aromatic carbocycles. The van der Waals surface area contributed by atoms with Crippen molar-refractivity contribution in [1.82, 2.24) is 9.55 Å². The first-order valence-electron chi connectivity index (χ1n) is 6.01. The lowest BCUT2D eigenvalue weighted by molar-refractivity contribution is 0.0686. The summed E-state index contributed by atoms with van der Waals surface area (Å²) in [5.74, 6) is -2.89. The van der Waals surface area contributed by atoms with Crippen molar-refractivity contribution in [3.05, 3.63) is 51.7 Å².